The second-order valence-corrected chi connectivity index (χ2v) is 6.27. The molecule has 1 aliphatic rings. The van der Waals surface area contributed by atoms with Gasteiger partial charge in [0.1, 0.15) is 11.9 Å². The molecular weight excluding hydrogens is 344 g/mol. The number of rotatable bonds is 9. The highest BCUT2D eigenvalue weighted by Gasteiger charge is 2.19. The third-order valence-corrected chi connectivity index (χ3v) is 4.39. The lowest BCUT2D eigenvalue weighted by atomic mass is 9.96. The number of likely N-dealkylation sites (N-methyl/N-ethyl adjacent to an activating group) is 1. The highest BCUT2D eigenvalue weighted by atomic mass is 16.5. The van der Waals surface area contributed by atoms with Crippen LogP contribution in [-0.2, 0) is 14.3 Å². The molecule has 1 rings (SSSR count). The Balaban J connectivity index is 3.12. The molecule has 0 bridgehead atoms. The van der Waals surface area contributed by atoms with Crippen LogP contribution in [0.15, 0.2) is 45.8 Å². The van der Waals surface area contributed by atoms with Crippen molar-refractivity contribution in [2.24, 2.45) is 9.98 Å². The second-order valence-electron chi connectivity index (χ2n) is 6.27. The van der Waals surface area contributed by atoms with Crippen molar-refractivity contribution in [2.75, 3.05) is 13.6 Å². The monoisotopic (exact) mass is 374 g/mol. The number of aliphatic imine (C=N–C) groups is 2. The molecule has 1 N–H and O–H groups in total. The number of nitrogens with one attached hydrogen (secondary N) is 1. The van der Waals surface area contributed by atoms with Crippen LogP contribution in [-0.4, -0.2) is 48.5 Å². The molecule has 0 aromatic rings. The average Bonchev–Trinajstić information content (AvgIpc) is 2.65. The number of carbonyl (C=O) groups excluding carboxylic acids is 2. The molecule has 0 spiro atoms. The lowest BCUT2D eigenvalue weighted by Gasteiger charge is -2.25. The van der Waals surface area contributed by atoms with Gasteiger partial charge in [0.05, 0.1) is 5.57 Å². The van der Waals surface area contributed by atoms with Gasteiger partial charge in [-0.2, -0.15) is 0 Å². The highest BCUT2D eigenvalue weighted by Crippen LogP contribution is 2.22. The third-order valence-electron chi connectivity index (χ3n) is 4.39. The lowest BCUT2D eigenvalue weighted by molar-refractivity contribution is -0.117. The van der Waals surface area contributed by atoms with Gasteiger partial charge in [-0.1, -0.05) is 6.58 Å². The molecule has 0 heterocycles. The second kappa shape index (κ2) is 11.1. The summed E-state index contributed by atoms with van der Waals surface area (Å²) in [4.78, 5) is 33.6. The van der Waals surface area contributed by atoms with Crippen molar-refractivity contribution in [3.8, 4) is 0 Å². The Morgan fingerprint density at radius 1 is 1.33 bits per heavy atom. The first-order valence-electron chi connectivity index (χ1n) is 9.12. The third kappa shape index (κ3) is 6.51. The maximum absolute atomic E-state index is 12.0. The summed E-state index contributed by atoms with van der Waals surface area (Å²) in [7, 11) is 1.54. The summed E-state index contributed by atoms with van der Waals surface area (Å²) < 4.78 is 5.73. The highest BCUT2D eigenvalue weighted by molar-refractivity contribution is 6.00. The zero-order valence-corrected chi connectivity index (χ0v) is 16.9. The quantitative estimate of drug-likeness (QED) is 0.291. The standard InChI is InChI=1S/C20H30N4O3/c1-7-18(27-17-10-9-11-17)22-12-14(3)16(5)23-19(24(8-2)13-25)15(4)20(26)21-6/h7,12-13,17H,1,8-11H2,2-6H3,(H,21,26)/b14-12+,19-15-,22-18?,23-16+. The lowest BCUT2D eigenvalue weighted by Crippen LogP contribution is -2.27. The van der Waals surface area contributed by atoms with Gasteiger partial charge in [-0.05, 0) is 58.6 Å². The zero-order valence-electron chi connectivity index (χ0n) is 16.9. The number of nitrogens with zero attached hydrogens (tertiary/aromatic N) is 3. The molecule has 7 nitrogen and oxygen atoms in total. The van der Waals surface area contributed by atoms with E-state index in [0.717, 1.165) is 18.4 Å². The molecule has 0 aromatic carbocycles. The van der Waals surface area contributed by atoms with Crippen molar-refractivity contribution < 1.29 is 14.3 Å². The Bertz CT molecular complexity index is 685. The molecular formula is C20H30N4O3. The average molecular weight is 374 g/mol. The maximum atomic E-state index is 12.0. The van der Waals surface area contributed by atoms with Gasteiger partial charge >= 0.3 is 0 Å². The Labute approximate surface area is 161 Å². The molecule has 0 unspecified atom stereocenters. The molecule has 148 valence electrons. The molecule has 1 fully saturated rings. The summed E-state index contributed by atoms with van der Waals surface area (Å²) in [6.07, 6.45) is 7.39. The minimum absolute atomic E-state index is 0.223. The molecule has 1 saturated carbocycles. The van der Waals surface area contributed by atoms with Crippen LogP contribution >= 0.6 is 0 Å². The maximum Gasteiger partial charge on any atom is 0.250 e. The molecule has 0 aliphatic heterocycles. The van der Waals surface area contributed by atoms with E-state index >= 15 is 0 Å². The minimum atomic E-state index is -0.288. The first-order chi connectivity index (χ1) is 12.9. The molecule has 0 atom stereocenters. The molecule has 0 radical (unpaired) electrons. The predicted molar refractivity (Wildman–Crippen MR) is 108 cm³/mol. The number of allylic oxidation sites excluding steroid dienone is 1. The Morgan fingerprint density at radius 2 is 2.00 bits per heavy atom. The van der Waals surface area contributed by atoms with Crippen LogP contribution in [0.25, 0.3) is 0 Å². The van der Waals surface area contributed by atoms with Crippen molar-refractivity contribution in [1.29, 1.82) is 0 Å². The predicted octanol–water partition coefficient (Wildman–Crippen LogP) is 2.96. The summed E-state index contributed by atoms with van der Waals surface area (Å²) in [5.74, 6) is 0.507. The first-order valence-corrected chi connectivity index (χ1v) is 9.12. The van der Waals surface area contributed by atoms with E-state index in [4.69, 9.17) is 4.74 Å². The summed E-state index contributed by atoms with van der Waals surface area (Å²) in [5, 5.41) is 2.55. The van der Waals surface area contributed by atoms with Crippen LogP contribution in [0.5, 0.6) is 0 Å². The van der Waals surface area contributed by atoms with E-state index in [2.05, 4.69) is 21.9 Å². The SMILES string of the molecule is C=CC(=N/C=C(C)/C(C)=N/C(=C(\C)C(=O)NC)N(C=O)CC)OC1CCC1. The van der Waals surface area contributed by atoms with Gasteiger partial charge in [-0.3, -0.25) is 14.5 Å². The summed E-state index contributed by atoms with van der Waals surface area (Å²) >= 11 is 0. The summed E-state index contributed by atoms with van der Waals surface area (Å²) in [6, 6.07) is 0. The molecule has 1 aliphatic carbocycles. The zero-order chi connectivity index (χ0) is 20.4. The van der Waals surface area contributed by atoms with Crippen LogP contribution in [0.4, 0.5) is 0 Å². The van der Waals surface area contributed by atoms with E-state index in [9.17, 15) is 9.59 Å². The van der Waals surface area contributed by atoms with Gasteiger partial charge in [0.15, 0.2) is 0 Å². The molecule has 2 amide bonds. The van der Waals surface area contributed by atoms with Crippen LogP contribution in [0, 0.1) is 0 Å². The first kappa shape index (κ1) is 22.3. The van der Waals surface area contributed by atoms with E-state index in [0.29, 0.717) is 36.0 Å². The summed E-state index contributed by atoms with van der Waals surface area (Å²) in [6.45, 7) is 11.2. The van der Waals surface area contributed by atoms with Crippen LogP contribution in [0.3, 0.4) is 0 Å². The van der Waals surface area contributed by atoms with E-state index in [1.807, 2.05) is 13.8 Å². The van der Waals surface area contributed by atoms with Gasteiger partial charge in [0.25, 0.3) is 0 Å². The fraction of sp³-hybridized carbons (Fsp3) is 0.500. The van der Waals surface area contributed by atoms with Crippen molar-refractivity contribution in [2.45, 2.75) is 53.1 Å². The van der Waals surface area contributed by atoms with Crippen LogP contribution < -0.4 is 5.32 Å². The fourth-order valence-corrected chi connectivity index (χ4v) is 2.22. The van der Waals surface area contributed by atoms with E-state index in [-0.39, 0.29) is 12.0 Å². The van der Waals surface area contributed by atoms with Gasteiger partial charge in [-0.25, -0.2) is 9.98 Å². The largest absolute Gasteiger partial charge is 0.474 e. The molecule has 7 heteroatoms. The molecule has 0 aromatic heterocycles. The van der Waals surface area contributed by atoms with Gasteiger partial charge in [-0.15, -0.1) is 0 Å². The number of amides is 2. The van der Waals surface area contributed by atoms with Gasteiger partial charge in [0.2, 0.25) is 18.2 Å². The van der Waals surface area contributed by atoms with Crippen molar-refractivity contribution in [1.82, 2.24) is 10.2 Å². The van der Waals surface area contributed by atoms with E-state index in [1.54, 1.807) is 26.1 Å². The fourth-order valence-electron chi connectivity index (χ4n) is 2.22. The Morgan fingerprint density at radius 3 is 2.44 bits per heavy atom. The molecule has 0 saturated heterocycles. The van der Waals surface area contributed by atoms with Gasteiger partial charge in [0, 0.05) is 25.5 Å². The number of hydrogen-bond acceptors (Lipinski definition) is 5. The number of hydrogen-bond donors (Lipinski definition) is 1. The normalized spacial score (nSPS) is 16.9. The van der Waals surface area contributed by atoms with E-state index < -0.39 is 0 Å². The minimum Gasteiger partial charge on any atom is -0.474 e. The smallest absolute Gasteiger partial charge is 0.250 e. The van der Waals surface area contributed by atoms with Crippen molar-refractivity contribution in [3.63, 3.8) is 0 Å². The Hall–Kier alpha value is -2.70. The molecule has 27 heavy (non-hydrogen) atoms. The van der Waals surface area contributed by atoms with Crippen molar-refractivity contribution in [3.05, 3.63) is 35.8 Å². The number of carbonyl (C=O) groups is 2. The number of ether oxygens (including phenoxy) is 1. The topological polar surface area (TPSA) is 83.4 Å². The van der Waals surface area contributed by atoms with Crippen LogP contribution in [0.2, 0.25) is 0 Å². The Kier molecular flexibility index (Phi) is 9.19. The van der Waals surface area contributed by atoms with Crippen molar-refractivity contribution >= 4 is 23.9 Å². The van der Waals surface area contributed by atoms with E-state index in [1.165, 1.54) is 18.4 Å². The summed E-state index contributed by atoms with van der Waals surface area (Å²) in [5.41, 5.74) is 1.79. The van der Waals surface area contributed by atoms with Crippen LogP contribution in [0.1, 0.15) is 47.0 Å². The van der Waals surface area contributed by atoms with Gasteiger partial charge < -0.3 is 10.1 Å².